The van der Waals surface area contributed by atoms with Gasteiger partial charge in [-0.05, 0) is 42.7 Å². The summed E-state index contributed by atoms with van der Waals surface area (Å²) in [5, 5.41) is 0. The van der Waals surface area contributed by atoms with Gasteiger partial charge >= 0.3 is 0 Å². The molecule has 0 saturated heterocycles. The van der Waals surface area contributed by atoms with Crippen LogP contribution in [0.1, 0.15) is 23.6 Å². The van der Waals surface area contributed by atoms with Gasteiger partial charge in [-0.15, -0.1) is 0 Å². The Morgan fingerprint density at radius 3 is 1.65 bits per heavy atom. The summed E-state index contributed by atoms with van der Waals surface area (Å²) in [7, 11) is 2.21. The van der Waals surface area contributed by atoms with E-state index < -0.39 is 0 Å². The zero-order chi connectivity index (χ0) is 18.2. The van der Waals surface area contributed by atoms with Crippen LogP contribution in [0, 0.1) is 0 Å². The van der Waals surface area contributed by atoms with Gasteiger partial charge in [0.05, 0.1) is 0 Å². The van der Waals surface area contributed by atoms with E-state index in [1.54, 1.807) is 0 Å². The van der Waals surface area contributed by atoms with Crippen LogP contribution in [-0.2, 0) is 6.42 Å². The minimum Gasteiger partial charge on any atom is -0.302 e. The highest BCUT2D eigenvalue weighted by Crippen LogP contribution is 2.27. The SMILES string of the molecule is CC(CN(C)CCc1ccccc1)=C(c1ccccc1)c1ccccc1. The summed E-state index contributed by atoms with van der Waals surface area (Å²) in [6, 6.07) is 32.1. The van der Waals surface area contributed by atoms with Crippen molar-refractivity contribution in [1.29, 1.82) is 0 Å². The molecule has 0 aliphatic rings. The molecule has 0 aromatic heterocycles. The summed E-state index contributed by atoms with van der Waals surface area (Å²) in [5.74, 6) is 0. The van der Waals surface area contributed by atoms with Crippen molar-refractivity contribution in [3.8, 4) is 0 Å². The number of benzene rings is 3. The molecule has 0 radical (unpaired) electrons. The third-order valence-electron chi connectivity index (χ3n) is 4.68. The van der Waals surface area contributed by atoms with Crippen LogP contribution in [0.15, 0.2) is 96.6 Å². The van der Waals surface area contributed by atoms with E-state index in [1.165, 1.54) is 27.8 Å². The van der Waals surface area contributed by atoms with Crippen molar-refractivity contribution < 1.29 is 0 Å². The second kappa shape index (κ2) is 9.17. The molecule has 0 heterocycles. The molecule has 0 aliphatic carbocycles. The van der Waals surface area contributed by atoms with Crippen LogP contribution in [0.3, 0.4) is 0 Å². The van der Waals surface area contributed by atoms with Gasteiger partial charge in [-0.2, -0.15) is 0 Å². The predicted molar refractivity (Wildman–Crippen MR) is 112 cm³/mol. The van der Waals surface area contributed by atoms with Crippen molar-refractivity contribution in [2.75, 3.05) is 20.1 Å². The van der Waals surface area contributed by atoms with Gasteiger partial charge in [0.1, 0.15) is 0 Å². The maximum atomic E-state index is 2.41. The highest BCUT2D eigenvalue weighted by molar-refractivity contribution is 5.82. The molecule has 0 unspecified atom stereocenters. The zero-order valence-corrected chi connectivity index (χ0v) is 15.7. The third kappa shape index (κ3) is 4.93. The van der Waals surface area contributed by atoms with E-state index in [0.717, 1.165) is 19.5 Å². The maximum absolute atomic E-state index is 2.41. The lowest BCUT2D eigenvalue weighted by molar-refractivity contribution is 0.367. The number of rotatable bonds is 7. The van der Waals surface area contributed by atoms with Crippen LogP contribution < -0.4 is 0 Å². The lowest BCUT2D eigenvalue weighted by Gasteiger charge is -2.20. The van der Waals surface area contributed by atoms with Gasteiger partial charge < -0.3 is 4.90 Å². The number of hydrogen-bond donors (Lipinski definition) is 0. The third-order valence-corrected chi connectivity index (χ3v) is 4.68. The average Bonchev–Trinajstić information content (AvgIpc) is 2.69. The molecular formula is C25H27N. The summed E-state index contributed by atoms with van der Waals surface area (Å²) in [5.41, 5.74) is 6.71. The van der Waals surface area contributed by atoms with E-state index in [9.17, 15) is 0 Å². The normalized spacial score (nSPS) is 10.7. The minimum absolute atomic E-state index is 0.964. The molecule has 0 aliphatic heterocycles. The highest BCUT2D eigenvalue weighted by Gasteiger charge is 2.10. The molecule has 26 heavy (non-hydrogen) atoms. The second-order valence-electron chi connectivity index (χ2n) is 6.86. The van der Waals surface area contributed by atoms with Gasteiger partial charge in [0.2, 0.25) is 0 Å². The van der Waals surface area contributed by atoms with Gasteiger partial charge in [-0.1, -0.05) is 96.6 Å². The Labute approximate surface area is 157 Å². The molecule has 1 heteroatoms. The van der Waals surface area contributed by atoms with Crippen LogP contribution in [-0.4, -0.2) is 25.0 Å². The van der Waals surface area contributed by atoms with Gasteiger partial charge in [0.15, 0.2) is 0 Å². The van der Waals surface area contributed by atoms with Crippen molar-refractivity contribution in [3.63, 3.8) is 0 Å². The first-order valence-electron chi connectivity index (χ1n) is 9.27. The largest absolute Gasteiger partial charge is 0.302 e. The molecule has 0 fully saturated rings. The summed E-state index contributed by atoms with van der Waals surface area (Å²) in [6.07, 6.45) is 1.08. The Kier molecular flexibility index (Phi) is 6.40. The Morgan fingerprint density at radius 2 is 1.15 bits per heavy atom. The molecule has 3 aromatic rings. The quantitative estimate of drug-likeness (QED) is 0.534. The smallest absolute Gasteiger partial charge is 0.0196 e. The van der Waals surface area contributed by atoms with Gasteiger partial charge in [-0.3, -0.25) is 0 Å². The van der Waals surface area contributed by atoms with Gasteiger partial charge in [0, 0.05) is 13.1 Å². The Balaban J connectivity index is 1.79. The summed E-state index contributed by atoms with van der Waals surface area (Å²) in [6.45, 7) is 4.28. The lowest BCUT2D eigenvalue weighted by atomic mass is 9.93. The molecule has 0 N–H and O–H groups in total. The second-order valence-corrected chi connectivity index (χ2v) is 6.86. The molecular weight excluding hydrogens is 314 g/mol. The Hall–Kier alpha value is -2.64. The molecule has 0 bridgehead atoms. The van der Waals surface area contributed by atoms with Crippen LogP contribution in [0.2, 0.25) is 0 Å². The predicted octanol–water partition coefficient (Wildman–Crippen LogP) is 5.68. The van der Waals surface area contributed by atoms with Crippen molar-refractivity contribution in [3.05, 3.63) is 113 Å². The topological polar surface area (TPSA) is 3.24 Å². The van der Waals surface area contributed by atoms with Gasteiger partial charge in [0.25, 0.3) is 0 Å². The van der Waals surface area contributed by atoms with Crippen molar-refractivity contribution >= 4 is 5.57 Å². The monoisotopic (exact) mass is 341 g/mol. The minimum atomic E-state index is 0.964. The van der Waals surface area contributed by atoms with Crippen LogP contribution in [0.4, 0.5) is 0 Å². The highest BCUT2D eigenvalue weighted by atomic mass is 15.1. The van der Waals surface area contributed by atoms with E-state index in [0.29, 0.717) is 0 Å². The average molecular weight is 341 g/mol. The molecule has 0 atom stereocenters. The van der Waals surface area contributed by atoms with Crippen molar-refractivity contribution in [2.24, 2.45) is 0 Å². The first-order chi connectivity index (χ1) is 12.7. The number of likely N-dealkylation sites (N-methyl/N-ethyl adjacent to an activating group) is 1. The molecule has 3 rings (SSSR count). The molecule has 1 nitrogen and oxygen atoms in total. The maximum Gasteiger partial charge on any atom is 0.0196 e. The fourth-order valence-corrected chi connectivity index (χ4v) is 3.40. The number of hydrogen-bond acceptors (Lipinski definition) is 1. The lowest BCUT2D eigenvalue weighted by Crippen LogP contribution is -2.23. The Bertz CT molecular complexity index is 778. The van der Waals surface area contributed by atoms with Crippen molar-refractivity contribution in [1.82, 2.24) is 4.90 Å². The van der Waals surface area contributed by atoms with Crippen molar-refractivity contribution in [2.45, 2.75) is 13.3 Å². The first kappa shape index (κ1) is 18.2. The van der Waals surface area contributed by atoms with E-state index in [4.69, 9.17) is 0 Å². The number of nitrogens with zero attached hydrogens (tertiary/aromatic N) is 1. The molecule has 0 saturated carbocycles. The fraction of sp³-hybridized carbons (Fsp3) is 0.200. The summed E-state index contributed by atoms with van der Waals surface area (Å²) in [4.78, 5) is 2.41. The van der Waals surface area contributed by atoms with Crippen LogP contribution >= 0.6 is 0 Å². The van der Waals surface area contributed by atoms with E-state index in [-0.39, 0.29) is 0 Å². The van der Waals surface area contributed by atoms with E-state index >= 15 is 0 Å². The van der Waals surface area contributed by atoms with E-state index in [2.05, 4.69) is 110 Å². The summed E-state index contributed by atoms with van der Waals surface area (Å²) >= 11 is 0. The van der Waals surface area contributed by atoms with Crippen LogP contribution in [0.5, 0.6) is 0 Å². The van der Waals surface area contributed by atoms with E-state index in [1.807, 2.05) is 0 Å². The zero-order valence-electron chi connectivity index (χ0n) is 15.7. The molecule has 0 amide bonds. The standard InChI is InChI=1S/C25H27N/c1-21(20-26(2)19-18-22-12-6-3-7-13-22)25(23-14-8-4-9-15-23)24-16-10-5-11-17-24/h3-17H,18-20H2,1-2H3. The van der Waals surface area contributed by atoms with Crippen LogP contribution in [0.25, 0.3) is 5.57 Å². The first-order valence-corrected chi connectivity index (χ1v) is 9.27. The summed E-state index contributed by atoms with van der Waals surface area (Å²) < 4.78 is 0. The Morgan fingerprint density at radius 1 is 0.692 bits per heavy atom. The van der Waals surface area contributed by atoms with Gasteiger partial charge in [-0.25, -0.2) is 0 Å². The fourth-order valence-electron chi connectivity index (χ4n) is 3.40. The molecule has 0 spiro atoms. The molecule has 132 valence electrons. The molecule has 3 aromatic carbocycles.